The van der Waals surface area contributed by atoms with E-state index in [2.05, 4.69) is 29.6 Å². The van der Waals surface area contributed by atoms with Crippen LogP contribution in [0.3, 0.4) is 0 Å². The third-order valence-corrected chi connectivity index (χ3v) is 6.49. The molecule has 1 aliphatic rings. The Hall–Kier alpha value is -3.81. The highest BCUT2D eigenvalue weighted by atomic mass is 16.5. The summed E-state index contributed by atoms with van der Waals surface area (Å²) in [6.45, 7) is 2.23. The van der Waals surface area contributed by atoms with Gasteiger partial charge in [-0.05, 0) is 53.8 Å². The van der Waals surface area contributed by atoms with Gasteiger partial charge in [-0.3, -0.25) is 4.79 Å². The van der Waals surface area contributed by atoms with Crippen LogP contribution in [-0.2, 0) is 29.1 Å². The number of nitrogens with two attached hydrogens (primary N) is 1. The number of anilines is 1. The lowest BCUT2D eigenvalue weighted by molar-refractivity contribution is -0.136. The van der Waals surface area contributed by atoms with Crippen molar-refractivity contribution in [2.75, 3.05) is 18.5 Å². The minimum absolute atomic E-state index is 0.0960. The highest BCUT2D eigenvalue weighted by Gasteiger charge is 2.18. The number of fused-ring (bicyclic) bond motifs is 1. The summed E-state index contributed by atoms with van der Waals surface area (Å²) in [5.74, 6) is -0.344. The first-order valence-electron chi connectivity index (χ1n) is 12.2. The summed E-state index contributed by atoms with van der Waals surface area (Å²) in [7, 11) is 0. The lowest BCUT2D eigenvalue weighted by Gasteiger charge is -2.14. The number of carbonyl (C=O) groups is 1. The minimum Gasteiger partial charge on any atom is -0.488 e. The Morgan fingerprint density at radius 2 is 1.97 bits per heavy atom. The largest absolute Gasteiger partial charge is 0.488 e. The number of carboxylic acid groups (broad SMARTS) is 1. The Bertz CT molecular complexity index is 1360. The van der Waals surface area contributed by atoms with Crippen molar-refractivity contribution in [3.05, 3.63) is 83.6 Å². The molecular weight excluding hydrogens is 456 g/mol. The van der Waals surface area contributed by atoms with Crippen molar-refractivity contribution in [1.82, 2.24) is 0 Å². The Labute approximate surface area is 209 Å². The van der Waals surface area contributed by atoms with Gasteiger partial charge in [-0.1, -0.05) is 36.4 Å². The summed E-state index contributed by atoms with van der Waals surface area (Å²) in [6, 6.07) is 19.6. The summed E-state index contributed by atoms with van der Waals surface area (Å²) in [5.41, 5.74) is 12.2. The normalized spacial score (nSPS) is 15.3. The fraction of sp³-hybridized carbons (Fsp3) is 0.276. The number of aliphatic carboxylic acids is 1. The predicted molar refractivity (Wildman–Crippen MR) is 139 cm³/mol. The number of para-hydroxylation sites is 1. The van der Waals surface area contributed by atoms with E-state index in [0.717, 1.165) is 58.4 Å². The van der Waals surface area contributed by atoms with Crippen molar-refractivity contribution < 1.29 is 23.8 Å². The zero-order valence-corrected chi connectivity index (χ0v) is 20.0. The number of ether oxygens (including phenoxy) is 2. The zero-order chi connectivity index (χ0) is 24.9. The zero-order valence-electron chi connectivity index (χ0n) is 20.0. The van der Waals surface area contributed by atoms with Gasteiger partial charge in [-0.2, -0.15) is 0 Å². The Kier molecular flexibility index (Phi) is 7.21. The molecule has 36 heavy (non-hydrogen) atoms. The van der Waals surface area contributed by atoms with Gasteiger partial charge in [0.1, 0.15) is 12.4 Å². The lowest BCUT2D eigenvalue weighted by Crippen LogP contribution is -2.18. The maximum absolute atomic E-state index is 11.2. The summed E-state index contributed by atoms with van der Waals surface area (Å²) >= 11 is 0. The number of hydrogen-bond acceptors (Lipinski definition) is 6. The third-order valence-electron chi connectivity index (χ3n) is 6.49. The quantitative estimate of drug-likeness (QED) is 0.277. The minimum atomic E-state index is -0.897. The molecule has 1 saturated heterocycles. The van der Waals surface area contributed by atoms with Crippen LogP contribution in [0.5, 0.6) is 5.75 Å². The van der Waals surface area contributed by atoms with Gasteiger partial charge >= 0.3 is 5.97 Å². The second-order valence-corrected chi connectivity index (χ2v) is 9.05. The van der Waals surface area contributed by atoms with Gasteiger partial charge in [0.2, 0.25) is 0 Å². The molecule has 7 nitrogen and oxygen atoms in total. The van der Waals surface area contributed by atoms with Gasteiger partial charge in [0.25, 0.3) is 0 Å². The van der Waals surface area contributed by atoms with Gasteiger partial charge < -0.3 is 30.0 Å². The van der Waals surface area contributed by atoms with Crippen LogP contribution < -0.4 is 15.8 Å². The van der Waals surface area contributed by atoms with E-state index in [1.54, 1.807) is 18.4 Å². The smallest absolute Gasteiger partial charge is 0.307 e. The topological polar surface area (TPSA) is 107 Å². The summed E-state index contributed by atoms with van der Waals surface area (Å²) in [5, 5.41) is 13.7. The maximum atomic E-state index is 11.2. The van der Waals surface area contributed by atoms with E-state index in [1.165, 1.54) is 0 Å². The second kappa shape index (κ2) is 10.8. The molecule has 0 spiro atoms. The molecule has 0 saturated carbocycles. The molecule has 1 atom stereocenters. The van der Waals surface area contributed by atoms with Gasteiger partial charge in [0.05, 0.1) is 24.5 Å². The fourth-order valence-corrected chi connectivity index (χ4v) is 4.61. The van der Waals surface area contributed by atoms with Gasteiger partial charge in [-0.15, -0.1) is 0 Å². The first-order chi connectivity index (χ1) is 17.6. The van der Waals surface area contributed by atoms with Gasteiger partial charge in [0.15, 0.2) is 5.58 Å². The van der Waals surface area contributed by atoms with Crippen LogP contribution in [0.25, 0.3) is 22.1 Å². The van der Waals surface area contributed by atoms with Gasteiger partial charge in [0, 0.05) is 36.2 Å². The highest BCUT2D eigenvalue weighted by Crippen LogP contribution is 2.35. The molecule has 5 rings (SSSR count). The fourth-order valence-electron chi connectivity index (χ4n) is 4.61. The van der Waals surface area contributed by atoms with Crippen molar-refractivity contribution in [1.29, 1.82) is 0 Å². The molecule has 0 amide bonds. The van der Waals surface area contributed by atoms with E-state index in [9.17, 15) is 9.90 Å². The van der Waals surface area contributed by atoms with Crippen LogP contribution in [0.2, 0.25) is 0 Å². The van der Waals surface area contributed by atoms with Crippen molar-refractivity contribution in [3.63, 3.8) is 0 Å². The Morgan fingerprint density at radius 1 is 1.08 bits per heavy atom. The van der Waals surface area contributed by atoms with E-state index in [1.807, 2.05) is 24.3 Å². The standard InChI is InChI=1S/C29H30N2O5/c30-15-19-5-3-7-20(11-19)22-12-25-23(17-35-27-9-2-1-6-21(27)14-28(32)33)18-36-29(25)26(13-22)31-16-24-8-4-10-34-24/h1-3,5-7,9,11-13,18,24,31H,4,8,10,14-17,30H2,(H,32,33)/t24-/m0/s1. The molecule has 0 unspecified atom stereocenters. The predicted octanol–water partition coefficient (Wildman–Crippen LogP) is 5.36. The molecule has 4 aromatic rings. The van der Waals surface area contributed by atoms with E-state index in [0.29, 0.717) is 24.4 Å². The molecule has 7 heteroatoms. The third kappa shape index (κ3) is 5.37. The van der Waals surface area contributed by atoms with Crippen LogP contribution in [-0.4, -0.2) is 30.3 Å². The number of benzene rings is 3. The molecular formula is C29H30N2O5. The molecule has 0 bridgehead atoms. The first kappa shape index (κ1) is 23.9. The van der Waals surface area contributed by atoms with Crippen molar-refractivity contribution in [2.24, 2.45) is 5.73 Å². The Balaban J connectivity index is 1.48. The van der Waals surface area contributed by atoms with E-state index >= 15 is 0 Å². The molecule has 0 radical (unpaired) electrons. The molecule has 0 aliphatic carbocycles. The molecule has 2 heterocycles. The van der Waals surface area contributed by atoms with Crippen LogP contribution in [0, 0.1) is 0 Å². The van der Waals surface area contributed by atoms with E-state index in [-0.39, 0.29) is 19.1 Å². The van der Waals surface area contributed by atoms with E-state index in [4.69, 9.17) is 19.6 Å². The maximum Gasteiger partial charge on any atom is 0.307 e. The molecule has 1 fully saturated rings. The summed E-state index contributed by atoms with van der Waals surface area (Å²) < 4.78 is 17.9. The SMILES string of the molecule is NCc1cccc(-c2cc(NC[C@@H]3CCCO3)c3occ(COc4ccccc4CC(=O)O)c3c2)c1. The average Bonchev–Trinajstić information content (AvgIpc) is 3.56. The number of hydrogen-bond donors (Lipinski definition) is 3. The molecule has 4 N–H and O–H groups in total. The van der Waals surface area contributed by atoms with Crippen LogP contribution in [0.1, 0.15) is 29.5 Å². The second-order valence-electron chi connectivity index (χ2n) is 9.05. The summed E-state index contributed by atoms with van der Waals surface area (Å²) in [6.07, 6.45) is 3.93. The van der Waals surface area contributed by atoms with Crippen molar-refractivity contribution in [3.8, 4) is 16.9 Å². The highest BCUT2D eigenvalue weighted by molar-refractivity contribution is 5.96. The van der Waals surface area contributed by atoms with Crippen molar-refractivity contribution in [2.45, 2.75) is 38.5 Å². The Morgan fingerprint density at radius 3 is 2.78 bits per heavy atom. The molecule has 1 aliphatic heterocycles. The number of nitrogens with one attached hydrogen (secondary N) is 1. The average molecular weight is 487 g/mol. The molecule has 1 aromatic heterocycles. The van der Waals surface area contributed by atoms with Crippen LogP contribution in [0.15, 0.2) is 71.3 Å². The first-order valence-corrected chi connectivity index (χ1v) is 12.2. The van der Waals surface area contributed by atoms with E-state index < -0.39 is 5.97 Å². The number of furan rings is 1. The molecule has 186 valence electrons. The number of rotatable bonds is 10. The van der Waals surface area contributed by atoms with Crippen LogP contribution >= 0.6 is 0 Å². The van der Waals surface area contributed by atoms with Gasteiger partial charge in [-0.25, -0.2) is 0 Å². The summed E-state index contributed by atoms with van der Waals surface area (Å²) in [4.78, 5) is 11.2. The molecule has 3 aromatic carbocycles. The van der Waals surface area contributed by atoms with Crippen LogP contribution in [0.4, 0.5) is 5.69 Å². The van der Waals surface area contributed by atoms with Crippen molar-refractivity contribution >= 4 is 22.6 Å². The lowest BCUT2D eigenvalue weighted by atomic mass is 9.99. The monoisotopic (exact) mass is 486 g/mol. The number of carboxylic acids is 1.